The minimum atomic E-state index is -4.09. The van der Waals surface area contributed by atoms with Crippen LogP contribution in [0.1, 0.15) is 57.7 Å². The number of rotatable bonds is 11. The number of hydrogen-bond acceptors (Lipinski definition) is 4. The molecule has 0 aliphatic carbocycles. The van der Waals surface area contributed by atoms with Crippen molar-refractivity contribution in [1.82, 2.24) is 10.2 Å². The fraction of sp³-hybridized carbons (Fsp3) is 0.375. The molecule has 1 atom stereocenters. The van der Waals surface area contributed by atoms with E-state index in [1.54, 1.807) is 30.3 Å². The normalized spacial score (nSPS) is 12.4. The van der Waals surface area contributed by atoms with E-state index in [9.17, 15) is 18.0 Å². The number of nitrogens with zero attached hydrogens (tertiary/aromatic N) is 2. The maximum Gasteiger partial charge on any atom is 0.264 e. The number of carbonyl (C=O) groups is 2. The number of carbonyl (C=O) groups excluding carboxylic acids is 2. The Morgan fingerprint density at radius 2 is 1.55 bits per heavy atom. The van der Waals surface area contributed by atoms with Gasteiger partial charge in [-0.2, -0.15) is 0 Å². The Morgan fingerprint density at radius 3 is 2.15 bits per heavy atom. The first-order chi connectivity index (χ1) is 18.9. The third-order valence-electron chi connectivity index (χ3n) is 6.57. The van der Waals surface area contributed by atoms with Crippen LogP contribution in [0.4, 0.5) is 5.69 Å². The summed E-state index contributed by atoms with van der Waals surface area (Å²) in [6.07, 6.45) is 0.959. The van der Waals surface area contributed by atoms with E-state index in [1.807, 2.05) is 77.9 Å². The molecule has 0 saturated heterocycles. The second kappa shape index (κ2) is 13.1. The average Bonchev–Trinajstić information content (AvgIpc) is 2.91. The number of para-hydroxylation sites is 1. The SMILES string of the molecule is CCc1ccccc1N(CC(=O)N(Cc1cccc(C)c1)[C@H](CC)C(=O)NC(C)(C)C)S(=O)(=O)c1ccccc1. The summed E-state index contributed by atoms with van der Waals surface area (Å²) in [5, 5.41) is 3.00. The summed E-state index contributed by atoms with van der Waals surface area (Å²) in [5.41, 5.74) is 2.65. The lowest BCUT2D eigenvalue weighted by Gasteiger charge is -2.35. The molecule has 3 rings (SSSR count). The summed E-state index contributed by atoms with van der Waals surface area (Å²) in [4.78, 5) is 29.2. The van der Waals surface area contributed by atoms with Crippen molar-refractivity contribution in [3.63, 3.8) is 0 Å². The van der Waals surface area contributed by atoms with E-state index in [-0.39, 0.29) is 17.3 Å². The van der Waals surface area contributed by atoms with Crippen molar-refractivity contribution in [2.45, 2.75) is 77.4 Å². The zero-order valence-electron chi connectivity index (χ0n) is 24.3. The molecule has 0 unspecified atom stereocenters. The lowest BCUT2D eigenvalue weighted by atomic mass is 10.0. The van der Waals surface area contributed by atoms with Crippen molar-refractivity contribution in [1.29, 1.82) is 0 Å². The molecule has 8 heteroatoms. The maximum absolute atomic E-state index is 14.2. The standard InChI is InChI=1S/C32H41N3O4S/c1-7-26-17-12-13-20-29(26)35(40(38,39)27-18-10-9-11-19-27)23-30(36)34(22-25-16-14-15-24(3)21-25)28(8-2)31(37)33-32(4,5)6/h9-21,28H,7-8,22-23H2,1-6H3,(H,33,37)/t28-/m1/s1. The summed E-state index contributed by atoms with van der Waals surface area (Å²) in [6.45, 7) is 11.2. The van der Waals surface area contributed by atoms with Crippen molar-refractivity contribution >= 4 is 27.5 Å². The molecular formula is C32H41N3O4S. The van der Waals surface area contributed by atoms with Crippen molar-refractivity contribution in [2.75, 3.05) is 10.8 Å². The quantitative estimate of drug-likeness (QED) is 0.335. The van der Waals surface area contributed by atoms with Crippen molar-refractivity contribution in [3.8, 4) is 0 Å². The van der Waals surface area contributed by atoms with Crippen molar-refractivity contribution in [3.05, 3.63) is 95.6 Å². The van der Waals surface area contributed by atoms with Gasteiger partial charge in [0, 0.05) is 12.1 Å². The molecule has 40 heavy (non-hydrogen) atoms. The smallest absolute Gasteiger partial charge is 0.264 e. The number of benzene rings is 3. The Hall–Kier alpha value is -3.65. The average molecular weight is 564 g/mol. The molecule has 0 spiro atoms. The van der Waals surface area contributed by atoms with Crippen LogP contribution in [-0.2, 0) is 32.6 Å². The molecule has 0 saturated carbocycles. The van der Waals surface area contributed by atoms with E-state index in [2.05, 4.69) is 5.32 Å². The topological polar surface area (TPSA) is 86.8 Å². The molecule has 0 aliphatic heterocycles. The Kier molecular flexibility index (Phi) is 10.1. The molecule has 0 fully saturated rings. The third kappa shape index (κ3) is 7.72. The van der Waals surface area contributed by atoms with Crippen LogP contribution in [0.15, 0.2) is 83.8 Å². The van der Waals surface area contributed by atoms with Gasteiger partial charge in [0.05, 0.1) is 10.6 Å². The second-order valence-corrected chi connectivity index (χ2v) is 12.8. The highest BCUT2D eigenvalue weighted by Crippen LogP contribution is 2.28. The van der Waals surface area contributed by atoms with Gasteiger partial charge in [-0.25, -0.2) is 8.42 Å². The van der Waals surface area contributed by atoms with Gasteiger partial charge >= 0.3 is 0 Å². The van der Waals surface area contributed by atoms with Crippen LogP contribution in [0.25, 0.3) is 0 Å². The number of hydrogen-bond donors (Lipinski definition) is 1. The second-order valence-electron chi connectivity index (χ2n) is 11.0. The Morgan fingerprint density at radius 1 is 0.900 bits per heavy atom. The summed E-state index contributed by atoms with van der Waals surface area (Å²) in [5.74, 6) is -0.731. The number of aryl methyl sites for hydroxylation is 2. The molecular weight excluding hydrogens is 522 g/mol. The Balaban J connectivity index is 2.10. The highest BCUT2D eigenvalue weighted by molar-refractivity contribution is 7.92. The lowest BCUT2D eigenvalue weighted by Crippen LogP contribution is -2.55. The van der Waals surface area contributed by atoms with Crippen LogP contribution < -0.4 is 9.62 Å². The number of anilines is 1. The van der Waals surface area contributed by atoms with E-state index < -0.39 is 34.1 Å². The first kappa shape index (κ1) is 30.9. The molecule has 3 aromatic carbocycles. The zero-order chi connectivity index (χ0) is 29.5. The van der Waals surface area contributed by atoms with Gasteiger partial charge in [0.15, 0.2) is 0 Å². The van der Waals surface area contributed by atoms with Gasteiger partial charge in [-0.15, -0.1) is 0 Å². The molecule has 0 radical (unpaired) electrons. The fourth-order valence-corrected chi connectivity index (χ4v) is 6.14. The number of amides is 2. The number of nitrogens with one attached hydrogen (secondary N) is 1. The predicted octanol–water partition coefficient (Wildman–Crippen LogP) is 5.47. The molecule has 7 nitrogen and oxygen atoms in total. The fourth-order valence-electron chi connectivity index (χ4n) is 4.67. The van der Waals surface area contributed by atoms with Gasteiger partial charge in [-0.3, -0.25) is 13.9 Å². The highest BCUT2D eigenvalue weighted by atomic mass is 32.2. The molecule has 2 amide bonds. The van der Waals surface area contributed by atoms with E-state index in [0.29, 0.717) is 18.5 Å². The highest BCUT2D eigenvalue weighted by Gasteiger charge is 2.35. The Labute approximate surface area is 239 Å². The first-order valence-corrected chi connectivity index (χ1v) is 15.1. The lowest BCUT2D eigenvalue weighted by molar-refractivity contribution is -0.141. The number of sulfonamides is 1. The molecule has 0 heterocycles. The summed E-state index contributed by atoms with van der Waals surface area (Å²) >= 11 is 0. The molecule has 1 N–H and O–H groups in total. The van der Waals surface area contributed by atoms with Crippen LogP contribution in [0.3, 0.4) is 0 Å². The van der Waals surface area contributed by atoms with E-state index >= 15 is 0 Å². The van der Waals surface area contributed by atoms with Gasteiger partial charge in [-0.1, -0.05) is 80.1 Å². The van der Waals surface area contributed by atoms with Gasteiger partial charge in [0.2, 0.25) is 11.8 Å². The predicted molar refractivity (Wildman–Crippen MR) is 160 cm³/mol. The largest absolute Gasteiger partial charge is 0.350 e. The third-order valence-corrected chi connectivity index (χ3v) is 8.34. The van der Waals surface area contributed by atoms with Crippen LogP contribution >= 0.6 is 0 Å². The van der Waals surface area contributed by atoms with Crippen LogP contribution in [0, 0.1) is 6.92 Å². The van der Waals surface area contributed by atoms with Crippen LogP contribution in [0.2, 0.25) is 0 Å². The van der Waals surface area contributed by atoms with Gasteiger partial charge < -0.3 is 10.2 Å². The molecule has 0 aliphatic rings. The van der Waals surface area contributed by atoms with Gasteiger partial charge in [0.25, 0.3) is 10.0 Å². The minimum Gasteiger partial charge on any atom is -0.350 e. The summed E-state index contributed by atoms with van der Waals surface area (Å²) < 4.78 is 29.2. The summed E-state index contributed by atoms with van der Waals surface area (Å²) in [7, 11) is -4.09. The van der Waals surface area contributed by atoms with E-state index in [0.717, 1.165) is 16.7 Å². The minimum absolute atomic E-state index is 0.0939. The van der Waals surface area contributed by atoms with Gasteiger partial charge in [-0.05, 0) is 69.9 Å². The molecule has 0 bridgehead atoms. The van der Waals surface area contributed by atoms with Crippen LogP contribution in [0.5, 0.6) is 0 Å². The van der Waals surface area contributed by atoms with Crippen molar-refractivity contribution < 1.29 is 18.0 Å². The molecule has 0 aromatic heterocycles. The van der Waals surface area contributed by atoms with Crippen molar-refractivity contribution in [2.24, 2.45) is 0 Å². The van der Waals surface area contributed by atoms with E-state index in [4.69, 9.17) is 0 Å². The van der Waals surface area contributed by atoms with E-state index in [1.165, 1.54) is 21.3 Å². The monoisotopic (exact) mass is 563 g/mol. The maximum atomic E-state index is 14.2. The molecule has 3 aromatic rings. The Bertz CT molecular complexity index is 1420. The molecule has 214 valence electrons. The van der Waals surface area contributed by atoms with Crippen LogP contribution in [-0.4, -0.2) is 43.3 Å². The zero-order valence-corrected chi connectivity index (χ0v) is 25.2. The van der Waals surface area contributed by atoms with Gasteiger partial charge in [0.1, 0.15) is 12.6 Å². The first-order valence-electron chi connectivity index (χ1n) is 13.7. The summed E-state index contributed by atoms with van der Waals surface area (Å²) in [6, 6.07) is 22.3.